The molecule has 0 aliphatic heterocycles. The van der Waals surface area contributed by atoms with E-state index in [1.165, 1.54) is 0 Å². The maximum Gasteiger partial charge on any atom is 0.321 e. The van der Waals surface area contributed by atoms with E-state index in [0.29, 0.717) is 35.1 Å². The van der Waals surface area contributed by atoms with Crippen LogP contribution in [0.3, 0.4) is 0 Å². The second-order valence-electron chi connectivity index (χ2n) is 6.15. The summed E-state index contributed by atoms with van der Waals surface area (Å²) in [4.78, 5) is 25.6. The molecule has 0 saturated carbocycles. The Morgan fingerprint density at radius 3 is 2.82 bits per heavy atom. The second kappa shape index (κ2) is 7.02. The van der Waals surface area contributed by atoms with Gasteiger partial charge in [0.05, 0.1) is 0 Å². The van der Waals surface area contributed by atoms with Crippen molar-refractivity contribution in [1.29, 1.82) is 0 Å². The zero-order chi connectivity index (χ0) is 19.7. The van der Waals surface area contributed by atoms with Crippen LogP contribution in [0.15, 0.2) is 24.3 Å². The standard InChI is InChI=1S/C17H18N10O/c1-4-18-17(28)22-16-20-11(10-7-5-6-9(2)8-10)12-14(21-16)27(3)15(19-12)13-23-25-26-24-13/h5-8H,4H2,1-3H3,(H,23,24,25,26)(H2,18,20,21,22,28). The van der Waals surface area contributed by atoms with Gasteiger partial charge in [-0.15, -0.1) is 10.2 Å². The van der Waals surface area contributed by atoms with Crippen LogP contribution in [0.25, 0.3) is 34.1 Å². The van der Waals surface area contributed by atoms with E-state index in [1.54, 1.807) is 11.6 Å². The molecule has 0 saturated heterocycles. The van der Waals surface area contributed by atoms with Crippen molar-refractivity contribution in [1.82, 2.24) is 45.5 Å². The molecule has 0 bridgehead atoms. The maximum atomic E-state index is 12.0. The Kier molecular flexibility index (Phi) is 4.39. The molecule has 3 aromatic heterocycles. The molecule has 28 heavy (non-hydrogen) atoms. The summed E-state index contributed by atoms with van der Waals surface area (Å²) in [6, 6.07) is 7.50. The van der Waals surface area contributed by atoms with Gasteiger partial charge in [0.15, 0.2) is 11.5 Å². The molecule has 0 aliphatic rings. The van der Waals surface area contributed by atoms with Gasteiger partial charge in [0.25, 0.3) is 0 Å². The van der Waals surface area contributed by atoms with Gasteiger partial charge in [-0.1, -0.05) is 23.8 Å². The highest BCUT2D eigenvalue weighted by Crippen LogP contribution is 2.29. The van der Waals surface area contributed by atoms with Gasteiger partial charge < -0.3 is 9.88 Å². The zero-order valence-corrected chi connectivity index (χ0v) is 15.6. The third-order valence-corrected chi connectivity index (χ3v) is 4.12. The number of fused-ring (bicyclic) bond motifs is 1. The van der Waals surface area contributed by atoms with Crippen LogP contribution in [0, 0.1) is 6.92 Å². The fourth-order valence-corrected chi connectivity index (χ4v) is 2.87. The molecule has 11 heteroatoms. The number of amides is 2. The predicted octanol–water partition coefficient (Wildman–Crippen LogP) is 1.66. The molecule has 0 fully saturated rings. The van der Waals surface area contributed by atoms with E-state index >= 15 is 0 Å². The maximum absolute atomic E-state index is 12.0. The average Bonchev–Trinajstić information content (AvgIpc) is 3.30. The van der Waals surface area contributed by atoms with Crippen molar-refractivity contribution in [2.75, 3.05) is 11.9 Å². The number of imidazole rings is 1. The van der Waals surface area contributed by atoms with Crippen LogP contribution in [-0.2, 0) is 7.05 Å². The van der Waals surface area contributed by atoms with Gasteiger partial charge in [0.1, 0.15) is 11.2 Å². The summed E-state index contributed by atoms with van der Waals surface area (Å²) in [6.45, 7) is 4.32. The van der Waals surface area contributed by atoms with Crippen LogP contribution in [0.5, 0.6) is 0 Å². The number of nitrogens with zero attached hydrogens (tertiary/aromatic N) is 7. The average molecular weight is 378 g/mol. The number of nitrogens with one attached hydrogen (secondary N) is 3. The number of carbonyl (C=O) groups is 1. The summed E-state index contributed by atoms with van der Waals surface area (Å²) in [7, 11) is 1.80. The first-order valence-electron chi connectivity index (χ1n) is 8.67. The first kappa shape index (κ1) is 17.5. The predicted molar refractivity (Wildman–Crippen MR) is 102 cm³/mol. The summed E-state index contributed by atoms with van der Waals surface area (Å²) in [5, 5.41) is 19.3. The molecule has 4 rings (SSSR count). The van der Waals surface area contributed by atoms with E-state index in [4.69, 9.17) is 0 Å². The van der Waals surface area contributed by atoms with Crippen molar-refractivity contribution in [3.8, 4) is 22.9 Å². The number of tetrazole rings is 1. The minimum atomic E-state index is -0.377. The lowest BCUT2D eigenvalue weighted by molar-refractivity contribution is 0.252. The molecule has 0 aliphatic carbocycles. The fraction of sp³-hybridized carbons (Fsp3) is 0.235. The molecular formula is C17H18N10O. The highest BCUT2D eigenvalue weighted by atomic mass is 16.2. The van der Waals surface area contributed by atoms with Crippen molar-refractivity contribution >= 4 is 23.1 Å². The van der Waals surface area contributed by atoms with Gasteiger partial charge >= 0.3 is 6.03 Å². The van der Waals surface area contributed by atoms with Crippen LogP contribution in [-0.4, -0.2) is 52.7 Å². The van der Waals surface area contributed by atoms with E-state index in [2.05, 4.69) is 46.2 Å². The lowest BCUT2D eigenvalue weighted by atomic mass is 10.1. The highest BCUT2D eigenvalue weighted by molar-refractivity contribution is 5.93. The van der Waals surface area contributed by atoms with E-state index in [1.807, 2.05) is 38.1 Å². The van der Waals surface area contributed by atoms with E-state index < -0.39 is 0 Å². The fourth-order valence-electron chi connectivity index (χ4n) is 2.87. The Labute approximate surface area is 159 Å². The molecule has 0 spiro atoms. The first-order valence-corrected chi connectivity index (χ1v) is 8.67. The lowest BCUT2D eigenvalue weighted by Crippen LogP contribution is -2.29. The number of hydrogen-bond donors (Lipinski definition) is 3. The van der Waals surface area contributed by atoms with Crippen LogP contribution >= 0.6 is 0 Å². The zero-order valence-electron chi connectivity index (χ0n) is 15.6. The van der Waals surface area contributed by atoms with Crippen molar-refractivity contribution in [3.63, 3.8) is 0 Å². The van der Waals surface area contributed by atoms with E-state index in [9.17, 15) is 4.79 Å². The number of anilines is 1. The van der Waals surface area contributed by atoms with Crippen molar-refractivity contribution < 1.29 is 4.79 Å². The summed E-state index contributed by atoms with van der Waals surface area (Å²) in [6.07, 6.45) is 0. The largest absolute Gasteiger partial charge is 0.338 e. The number of urea groups is 1. The Balaban J connectivity index is 1.93. The summed E-state index contributed by atoms with van der Waals surface area (Å²) in [5.41, 5.74) is 3.67. The second-order valence-corrected chi connectivity index (χ2v) is 6.15. The summed E-state index contributed by atoms with van der Waals surface area (Å²) in [5.74, 6) is 1.01. The van der Waals surface area contributed by atoms with Gasteiger partial charge in [0.2, 0.25) is 11.8 Å². The molecule has 0 unspecified atom stereocenters. The van der Waals surface area contributed by atoms with Crippen molar-refractivity contribution in [3.05, 3.63) is 29.8 Å². The number of aryl methyl sites for hydroxylation is 2. The molecule has 1 aromatic carbocycles. The topological polar surface area (TPSA) is 139 Å². The van der Waals surface area contributed by atoms with Gasteiger partial charge in [-0.3, -0.25) is 5.32 Å². The van der Waals surface area contributed by atoms with Crippen LogP contribution in [0.4, 0.5) is 10.7 Å². The van der Waals surface area contributed by atoms with E-state index in [0.717, 1.165) is 11.1 Å². The third-order valence-electron chi connectivity index (χ3n) is 4.12. The number of aromatic amines is 1. The monoisotopic (exact) mass is 378 g/mol. The highest BCUT2D eigenvalue weighted by Gasteiger charge is 2.20. The quantitative estimate of drug-likeness (QED) is 0.491. The number of aromatic nitrogens is 8. The molecule has 11 nitrogen and oxygen atoms in total. The molecule has 2 amide bonds. The van der Waals surface area contributed by atoms with Crippen LogP contribution in [0.1, 0.15) is 12.5 Å². The minimum Gasteiger partial charge on any atom is -0.338 e. The minimum absolute atomic E-state index is 0.178. The Bertz CT molecular complexity index is 1150. The SMILES string of the molecule is CCNC(=O)Nc1nc(-c2cccc(C)c2)c2nc(-c3nn[nH]n3)n(C)c2n1. The number of carbonyl (C=O) groups excluding carboxylic acids is 1. The van der Waals surface area contributed by atoms with Gasteiger partial charge in [-0.2, -0.15) is 10.2 Å². The number of hydrogen-bond acceptors (Lipinski definition) is 7. The smallest absolute Gasteiger partial charge is 0.321 e. The molecule has 142 valence electrons. The Hall–Kier alpha value is -3.89. The molecule has 3 heterocycles. The Morgan fingerprint density at radius 1 is 1.25 bits per heavy atom. The number of benzene rings is 1. The molecule has 0 atom stereocenters. The van der Waals surface area contributed by atoms with Crippen LogP contribution in [0.2, 0.25) is 0 Å². The molecule has 3 N–H and O–H groups in total. The lowest BCUT2D eigenvalue weighted by Gasteiger charge is -2.08. The first-order chi connectivity index (χ1) is 13.6. The Morgan fingerprint density at radius 2 is 2.11 bits per heavy atom. The van der Waals surface area contributed by atoms with Crippen LogP contribution < -0.4 is 10.6 Å². The molecule has 4 aromatic rings. The third kappa shape index (κ3) is 3.13. The normalized spacial score (nSPS) is 11.0. The summed E-state index contributed by atoms with van der Waals surface area (Å²) >= 11 is 0. The van der Waals surface area contributed by atoms with Gasteiger partial charge in [0, 0.05) is 19.2 Å². The summed E-state index contributed by atoms with van der Waals surface area (Å²) < 4.78 is 1.74. The molecular weight excluding hydrogens is 360 g/mol. The van der Waals surface area contributed by atoms with Gasteiger partial charge in [-0.05, 0) is 25.1 Å². The number of rotatable bonds is 4. The van der Waals surface area contributed by atoms with Crippen molar-refractivity contribution in [2.24, 2.45) is 7.05 Å². The van der Waals surface area contributed by atoms with Gasteiger partial charge in [-0.25, -0.2) is 14.8 Å². The van der Waals surface area contributed by atoms with E-state index in [-0.39, 0.29) is 12.0 Å². The molecule has 0 radical (unpaired) electrons. The number of H-pyrrole nitrogens is 1. The van der Waals surface area contributed by atoms with Crippen molar-refractivity contribution in [2.45, 2.75) is 13.8 Å².